The van der Waals surface area contributed by atoms with Gasteiger partial charge in [0.1, 0.15) is 5.78 Å². The standard InChI is InChI=1S/C18H21NO/c1-2-14-8-10-15(11-9-14)12-18(20)17(13-19)16-6-4-3-5-7-16/h3-11,17H,2,12-13,19H2,1H3. The molecule has 1 atom stereocenters. The molecule has 0 bridgehead atoms. The highest BCUT2D eigenvalue weighted by molar-refractivity contribution is 5.87. The van der Waals surface area contributed by atoms with Gasteiger partial charge in [0.15, 0.2) is 0 Å². The highest BCUT2D eigenvalue weighted by Gasteiger charge is 2.18. The summed E-state index contributed by atoms with van der Waals surface area (Å²) in [5, 5.41) is 0. The highest BCUT2D eigenvalue weighted by Crippen LogP contribution is 2.18. The van der Waals surface area contributed by atoms with Crippen LogP contribution in [0.1, 0.15) is 29.5 Å². The molecule has 0 amide bonds. The number of benzene rings is 2. The molecule has 2 aromatic rings. The van der Waals surface area contributed by atoms with Gasteiger partial charge in [0.2, 0.25) is 0 Å². The van der Waals surface area contributed by atoms with Gasteiger partial charge in [-0.25, -0.2) is 0 Å². The van der Waals surface area contributed by atoms with Crippen LogP contribution in [0.15, 0.2) is 54.6 Å². The van der Waals surface area contributed by atoms with Crippen LogP contribution in [0.3, 0.4) is 0 Å². The Morgan fingerprint density at radius 1 is 1.00 bits per heavy atom. The fraction of sp³-hybridized carbons (Fsp3) is 0.278. The number of Topliss-reactive ketones (excluding diaryl/α,β-unsaturated/α-hetero) is 1. The van der Waals surface area contributed by atoms with Crippen molar-refractivity contribution in [2.75, 3.05) is 6.54 Å². The summed E-state index contributed by atoms with van der Waals surface area (Å²) in [6.45, 7) is 2.48. The predicted molar refractivity (Wildman–Crippen MR) is 82.8 cm³/mol. The first-order valence-electron chi connectivity index (χ1n) is 7.10. The summed E-state index contributed by atoms with van der Waals surface area (Å²) in [7, 11) is 0. The number of aryl methyl sites for hydroxylation is 1. The molecule has 0 aliphatic carbocycles. The third-order valence-electron chi connectivity index (χ3n) is 3.64. The Morgan fingerprint density at radius 3 is 2.15 bits per heavy atom. The van der Waals surface area contributed by atoms with Gasteiger partial charge in [0.05, 0.1) is 5.92 Å². The third kappa shape index (κ3) is 3.55. The van der Waals surface area contributed by atoms with Gasteiger partial charge in [-0.15, -0.1) is 0 Å². The number of hydrogen-bond donors (Lipinski definition) is 1. The molecule has 1 unspecified atom stereocenters. The predicted octanol–water partition coefficient (Wildman–Crippen LogP) is 3.10. The van der Waals surface area contributed by atoms with E-state index in [0.717, 1.165) is 17.5 Å². The molecule has 0 saturated carbocycles. The van der Waals surface area contributed by atoms with Crippen molar-refractivity contribution in [3.8, 4) is 0 Å². The second-order valence-corrected chi connectivity index (χ2v) is 5.01. The fourth-order valence-electron chi connectivity index (χ4n) is 2.36. The molecule has 2 rings (SSSR count). The molecule has 0 aliphatic heterocycles. The summed E-state index contributed by atoms with van der Waals surface area (Å²) in [6, 6.07) is 18.0. The van der Waals surface area contributed by atoms with E-state index in [1.807, 2.05) is 42.5 Å². The maximum absolute atomic E-state index is 12.4. The number of hydrogen-bond acceptors (Lipinski definition) is 2. The minimum Gasteiger partial charge on any atom is -0.329 e. The van der Waals surface area contributed by atoms with E-state index < -0.39 is 0 Å². The van der Waals surface area contributed by atoms with E-state index >= 15 is 0 Å². The number of carbonyl (C=O) groups is 1. The largest absolute Gasteiger partial charge is 0.329 e. The third-order valence-corrected chi connectivity index (χ3v) is 3.64. The summed E-state index contributed by atoms with van der Waals surface area (Å²) in [6.07, 6.45) is 1.46. The molecule has 2 aromatic carbocycles. The fourth-order valence-corrected chi connectivity index (χ4v) is 2.36. The Hall–Kier alpha value is -1.93. The van der Waals surface area contributed by atoms with E-state index in [1.54, 1.807) is 0 Å². The zero-order valence-electron chi connectivity index (χ0n) is 11.9. The van der Waals surface area contributed by atoms with Gasteiger partial charge in [-0.3, -0.25) is 4.79 Å². The van der Waals surface area contributed by atoms with Gasteiger partial charge in [-0.2, -0.15) is 0 Å². The SMILES string of the molecule is CCc1ccc(CC(=O)C(CN)c2ccccc2)cc1. The lowest BCUT2D eigenvalue weighted by Gasteiger charge is -2.14. The van der Waals surface area contributed by atoms with Crippen molar-refractivity contribution in [3.63, 3.8) is 0 Å². The van der Waals surface area contributed by atoms with Gasteiger partial charge in [0.25, 0.3) is 0 Å². The van der Waals surface area contributed by atoms with E-state index in [-0.39, 0.29) is 11.7 Å². The lowest BCUT2D eigenvalue weighted by molar-refractivity contribution is -0.119. The van der Waals surface area contributed by atoms with Gasteiger partial charge in [-0.05, 0) is 23.1 Å². The lowest BCUT2D eigenvalue weighted by Crippen LogP contribution is -2.23. The van der Waals surface area contributed by atoms with Crippen LogP contribution < -0.4 is 5.73 Å². The molecule has 0 saturated heterocycles. The van der Waals surface area contributed by atoms with Crippen molar-refractivity contribution in [2.24, 2.45) is 5.73 Å². The van der Waals surface area contributed by atoms with E-state index in [4.69, 9.17) is 5.73 Å². The maximum Gasteiger partial charge on any atom is 0.145 e. The molecule has 104 valence electrons. The molecular formula is C18H21NO. The Bertz CT molecular complexity index is 545. The molecule has 2 N–H and O–H groups in total. The molecule has 0 spiro atoms. The smallest absolute Gasteiger partial charge is 0.145 e. The van der Waals surface area contributed by atoms with Gasteiger partial charge in [0, 0.05) is 13.0 Å². The van der Waals surface area contributed by atoms with Crippen LogP contribution in [0, 0.1) is 0 Å². The summed E-state index contributed by atoms with van der Waals surface area (Å²) in [5.74, 6) is -0.0231. The summed E-state index contributed by atoms with van der Waals surface area (Å²) in [4.78, 5) is 12.4. The van der Waals surface area contributed by atoms with E-state index in [2.05, 4.69) is 19.1 Å². The van der Waals surface area contributed by atoms with Gasteiger partial charge in [-0.1, -0.05) is 61.5 Å². The quantitative estimate of drug-likeness (QED) is 0.874. The van der Waals surface area contributed by atoms with Crippen molar-refractivity contribution in [1.29, 1.82) is 0 Å². The highest BCUT2D eigenvalue weighted by atomic mass is 16.1. The first kappa shape index (κ1) is 14.5. The van der Waals surface area contributed by atoms with Crippen LogP contribution >= 0.6 is 0 Å². The molecule has 0 heterocycles. The van der Waals surface area contributed by atoms with Crippen molar-refractivity contribution >= 4 is 5.78 Å². The molecule has 0 aliphatic rings. The van der Waals surface area contributed by atoms with Gasteiger partial charge >= 0.3 is 0 Å². The van der Waals surface area contributed by atoms with Crippen LogP contribution in [0.5, 0.6) is 0 Å². The zero-order valence-corrected chi connectivity index (χ0v) is 11.9. The normalized spacial score (nSPS) is 12.1. The molecule has 20 heavy (non-hydrogen) atoms. The summed E-state index contributed by atoms with van der Waals surface area (Å²) < 4.78 is 0. The van der Waals surface area contributed by atoms with E-state index in [1.165, 1.54) is 5.56 Å². The minimum absolute atomic E-state index is 0.183. The maximum atomic E-state index is 12.4. The Balaban J connectivity index is 2.09. The van der Waals surface area contributed by atoms with Crippen LogP contribution in [-0.4, -0.2) is 12.3 Å². The van der Waals surface area contributed by atoms with E-state index in [9.17, 15) is 4.79 Å². The molecule has 0 aromatic heterocycles. The first-order chi connectivity index (χ1) is 9.74. The molecule has 2 nitrogen and oxygen atoms in total. The molecule has 0 radical (unpaired) electrons. The van der Waals surface area contributed by atoms with Crippen LogP contribution in [0.4, 0.5) is 0 Å². The Kier molecular flexibility index (Phi) is 5.08. The number of carbonyl (C=O) groups excluding carboxylic acids is 1. The second-order valence-electron chi connectivity index (χ2n) is 5.01. The van der Waals surface area contributed by atoms with Crippen LogP contribution in [0.2, 0.25) is 0 Å². The van der Waals surface area contributed by atoms with Crippen molar-refractivity contribution in [1.82, 2.24) is 0 Å². The Labute approximate surface area is 120 Å². The minimum atomic E-state index is -0.206. The zero-order chi connectivity index (χ0) is 14.4. The number of nitrogens with two attached hydrogens (primary N) is 1. The number of ketones is 1. The number of rotatable bonds is 6. The van der Waals surface area contributed by atoms with Crippen LogP contribution in [0.25, 0.3) is 0 Å². The van der Waals surface area contributed by atoms with Crippen molar-refractivity contribution < 1.29 is 4.79 Å². The van der Waals surface area contributed by atoms with E-state index in [0.29, 0.717) is 13.0 Å². The lowest BCUT2D eigenvalue weighted by atomic mass is 9.91. The van der Waals surface area contributed by atoms with Crippen LogP contribution in [-0.2, 0) is 17.6 Å². The average molecular weight is 267 g/mol. The Morgan fingerprint density at radius 2 is 1.60 bits per heavy atom. The summed E-state index contributed by atoms with van der Waals surface area (Å²) in [5.41, 5.74) is 9.14. The van der Waals surface area contributed by atoms with Crippen molar-refractivity contribution in [3.05, 3.63) is 71.3 Å². The summed E-state index contributed by atoms with van der Waals surface area (Å²) >= 11 is 0. The second kappa shape index (κ2) is 7.01. The monoisotopic (exact) mass is 267 g/mol. The molecule has 0 fully saturated rings. The van der Waals surface area contributed by atoms with Gasteiger partial charge < -0.3 is 5.73 Å². The average Bonchev–Trinajstić information content (AvgIpc) is 2.50. The first-order valence-corrected chi connectivity index (χ1v) is 7.10. The van der Waals surface area contributed by atoms with Crippen molar-refractivity contribution in [2.45, 2.75) is 25.7 Å². The molecular weight excluding hydrogens is 246 g/mol. The molecule has 2 heteroatoms. The topological polar surface area (TPSA) is 43.1 Å².